The number of ketones is 1. The van der Waals surface area contributed by atoms with Crippen molar-refractivity contribution in [3.8, 4) is 5.75 Å². The summed E-state index contributed by atoms with van der Waals surface area (Å²) in [5.74, 6) is 1.27. The molecular weight excluding hydrogens is 296 g/mol. The second kappa shape index (κ2) is 11.7. The fourth-order valence-corrected chi connectivity index (χ4v) is 2.70. The predicted molar refractivity (Wildman–Crippen MR) is 103 cm³/mol. The molecule has 2 heteroatoms. The standard InChI is InChI=1S/C22H32O2/c1-5-20-13-15-21(16-14-20)24-17-11-9-7-6-8-10-12-19(4)22(23)18(2)3/h5,13-16,19H,1-2,6-12,17H2,3-4H3. The topological polar surface area (TPSA) is 26.3 Å². The third kappa shape index (κ3) is 8.14. The van der Waals surface area contributed by atoms with E-state index in [2.05, 4.69) is 13.2 Å². The molecule has 0 amide bonds. The van der Waals surface area contributed by atoms with Crippen LogP contribution in [0.25, 0.3) is 6.08 Å². The van der Waals surface area contributed by atoms with Crippen molar-refractivity contribution in [2.75, 3.05) is 6.61 Å². The molecule has 0 saturated heterocycles. The van der Waals surface area contributed by atoms with E-state index in [9.17, 15) is 4.79 Å². The van der Waals surface area contributed by atoms with Crippen LogP contribution < -0.4 is 4.74 Å². The Hall–Kier alpha value is -1.83. The predicted octanol–water partition coefficient (Wildman–Crippen LogP) is 6.22. The highest BCUT2D eigenvalue weighted by molar-refractivity contribution is 5.95. The highest BCUT2D eigenvalue weighted by Gasteiger charge is 2.12. The number of allylic oxidation sites excluding steroid dienone is 1. The van der Waals surface area contributed by atoms with Crippen molar-refractivity contribution >= 4 is 11.9 Å². The molecule has 0 N–H and O–H groups in total. The van der Waals surface area contributed by atoms with Crippen LogP contribution in [0, 0.1) is 5.92 Å². The second-order valence-corrected chi connectivity index (χ2v) is 6.58. The first-order chi connectivity index (χ1) is 11.5. The van der Waals surface area contributed by atoms with Crippen molar-refractivity contribution in [2.24, 2.45) is 5.92 Å². The Balaban J connectivity index is 1.97. The molecule has 1 unspecified atom stereocenters. The summed E-state index contributed by atoms with van der Waals surface area (Å²) >= 11 is 0. The van der Waals surface area contributed by atoms with Gasteiger partial charge >= 0.3 is 0 Å². The van der Waals surface area contributed by atoms with Gasteiger partial charge in [-0.25, -0.2) is 0 Å². The molecule has 0 radical (unpaired) electrons. The quantitative estimate of drug-likeness (QED) is 0.317. The molecule has 2 nitrogen and oxygen atoms in total. The van der Waals surface area contributed by atoms with Crippen molar-refractivity contribution in [3.05, 3.63) is 48.6 Å². The van der Waals surface area contributed by atoms with E-state index in [4.69, 9.17) is 4.74 Å². The van der Waals surface area contributed by atoms with E-state index in [1.165, 1.54) is 25.7 Å². The minimum absolute atomic E-state index is 0.128. The molecule has 132 valence electrons. The van der Waals surface area contributed by atoms with Crippen LogP contribution in [0.2, 0.25) is 0 Å². The first-order valence-electron chi connectivity index (χ1n) is 9.09. The zero-order chi connectivity index (χ0) is 17.8. The third-order valence-electron chi connectivity index (χ3n) is 4.28. The van der Waals surface area contributed by atoms with Crippen LogP contribution in [0.3, 0.4) is 0 Å². The summed E-state index contributed by atoms with van der Waals surface area (Å²) in [6.45, 7) is 12.1. The zero-order valence-corrected chi connectivity index (χ0v) is 15.4. The smallest absolute Gasteiger partial charge is 0.160 e. The minimum Gasteiger partial charge on any atom is -0.494 e. The number of rotatable bonds is 13. The number of Topliss-reactive ketones (excluding diaryl/α,β-unsaturated/α-hetero) is 1. The molecule has 1 rings (SSSR count). The fourth-order valence-electron chi connectivity index (χ4n) is 2.70. The maximum Gasteiger partial charge on any atom is 0.160 e. The van der Waals surface area contributed by atoms with E-state index < -0.39 is 0 Å². The van der Waals surface area contributed by atoms with Crippen LogP contribution in [0.4, 0.5) is 0 Å². The number of hydrogen-bond donors (Lipinski definition) is 0. The van der Waals surface area contributed by atoms with Gasteiger partial charge in [-0.05, 0) is 43.0 Å². The van der Waals surface area contributed by atoms with Gasteiger partial charge in [-0.2, -0.15) is 0 Å². The number of unbranched alkanes of at least 4 members (excludes halogenated alkanes) is 5. The molecule has 0 fully saturated rings. The minimum atomic E-state index is 0.128. The zero-order valence-electron chi connectivity index (χ0n) is 15.4. The molecule has 0 heterocycles. The summed E-state index contributed by atoms with van der Waals surface area (Å²) in [6, 6.07) is 8.01. The number of ether oxygens (including phenoxy) is 1. The Bertz CT molecular complexity index is 513. The van der Waals surface area contributed by atoms with Crippen molar-refractivity contribution in [3.63, 3.8) is 0 Å². The molecule has 0 aromatic heterocycles. The maximum absolute atomic E-state index is 11.7. The van der Waals surface area contributed by atoms with Gasteiger partial charge in [0.2, 0.25) is 0 Å². The van der Waals surface area contributed by atoms with Gasteiger partial charge in [-0.15, -0.1) is 0 Å². The van der Waals surface area contributed by atoms with Gasteiger partial charge in [-0.3, -0.25) is 4.79 Å². The lowest BCUT2D eigenvalue weighted by Crippen LogP contribution is -2.11. The molecule has 1 aromatic rings. The highest BCUT2D eigenvalue weighted by atomic mass is 16.5. The number of carbonyl (C=O) groups is 1. The monoisotopic (exact) mass is 328 g/mol. The van der Waals surface area contributed by atoms with Gasteiger partial charge in [-0.1, -0.05) is 70.4 Å². The van der Waals surface area contributed by atoms with Crippen molar-refractivity contribution in [2.45, 2.75) is 58.8 Å². The molecule has 24 heavy (non-hydrogen) atoms. The summed E-state index contributed by atoms with van der Waals surface area (Å²) in [6.07, 6.45) is 9.92. The Kier molecular flexibility index (Phi) is 9.83. The van der Waals surface area contributed by atoms with Gasteiger partial charge in [0.1, 0.15) is 5.75 Å². The first-order valence-corrected chi connectivity index (χ1v) is 9.09. The van der Waals surface area contributed by atoms with Crippen LogP contribution in [-0.4, -0.2) is 12.4 Å². The van der Waals surface area contributed by atoms with Crippen molar-refractivity contribution in [1.82, 2.24) is 0 Å². The molecule has 0 saturated carbocycles. The van der Waals surface area contributed by atoms with E-state index in [-0.39, 0.29) is 11.7 Å². The van der Waals surface area contributed by atoms with Crippen LogP contribution in [0.5, 0.6) is 5.75 Å². The SMILES string of the molecule is C=Cc1ccc(OCCCCCCCCC(C)C(=O)C(=C)C)cc1. The van der Waals surface area contributed by atoms with Gasteiger partial charge in [0.05, 0.1) is 6.61 Å². The lowest BCUT2D eigenvalue weighted by Gasteiger charge is -2.10. The van der Waals surface area contributed by atoms with E-state index in [1.807, 2.05) is 37.3 Å². The molecule has 1 aromatic carbocycles. The van der Waals surface area contributed by atoms with E-state index in [0.29, 0.717) is 5.57 Å². The Morgan fingerprint density at radius 1 is 1.08 bits per heavy atom. The fraction of sp³-hybridized carbons (Fsp3) is 0.500. The first kappa shape index (κ1) is 20.2. The Morgan fingerprint density at radius 2 is 1.67 bits per heavy atom. The molecule has 0 aliphatic rings. The van der Waals surface area contributed by atoms with Crippen LogP contribution in [0.1, 0.15) is 64.4 Å². The lowest BCUT2D eigenvalue weighted by molar-refractivity contribution is -0.118. The summed E-state index contributed by atoms with van der Waals surface area (Å²) in [4.78, 5) is 11.7. The Labute approximate surface area is 147 Å². The van der Waals surface area contributed by atoms with E-state index in [1.54, 1.807) is 6.92 Å². The van der Waals surface area contributed by atoms with Gasteiger partial charge in [0, 0.05) is 5.92 Å². The summed E-state index contributed by atoms with van der Waals surface area (Å²) in [5.41, 5.74) is 1.79. The molecule has 0 spiro atoms. The van der Waals surface area contributed by atoms with Crippen molar-refractivity contribution in [1.29, 1.82) is 0 Å². The van der Waals surface area contributed by atoms with Crippen LogP contribution in [-0.2, 0) is 4.79 Å². The summed E-state index contributed by atoms with van der Waals surface area (Å²) in [5, 5.41) is 0. The summed E-state index contributed by atoms with van der Waals surface area (Å²) < 4.78 is 5.73. The molecule has 0 bridgehead atoms. The second-order valence-electron chi connectivity index (χ2n) is 6.58. The van der Waals surface area contributed by atoms with Crippen molar-refractivity contribution < 1.29 is 9.53 Å². The average molecular weight is 328 g/mol. The maximum atomic E-state index is 11.7. The number of benzene rings is 1. The number of hydrogen-bond acceptors (Lipinski definition) is 2. The van der Waals surface area contributed by atoms with Gasteiger partial charge in [0.25, 0.3) is 0 Å². The largest absolute Gasteiger partial charge is 0.494 e. The Morgan fingerprint density at radius 3 is 2.25 bits per heavy atom. The average Bonchev–Trinajstić information content (AvgIpc) is 2.59. The van der Waals surface area contributed by atoms with Gasteiger partial charge in [0.15, 0.2) is 5.78 Å². The molecule has 0 aliphatic heterocycles. The van der Waals surface area contributed by atoms with E-state index >= 15 is 0 Å². The molecular formula is C22H32O2. The lowest BCUT2D eigenvalue weighted by atomic mass is 9.95. The molecule has 1 atom stereocenters. The highest BCUT2D eigenvalue weighted by Crippen LogP contribution is 2.16. The molecule has 0 aliphatic carbocycles. The normalized spacial score (nSPS) is 11.8. The van der Waals surface area contributed by atoms with Crippen LogP contribution in [0.15, 0.2) is 43.0 Å². The van der Waals surface area contributed by atoms with Gasteiger partial charge < -0.3 is 4.74 Å². The number of carbonyl (C=O) groups excluding carboxylic acids is 1. The summed E-state index contributed by atoms with van der Waals surface area (Å²) in [7, 11) is 0. The third-order valence-corrected chi connectivity index (χ3v) is 4.28. The van der Waals surface area contributed by atoms with Crippen LogP contribution >= 0.6 is 0 Å². The van der Waals surface area contributed by atoms with E-state index in [0.717, 1.165) is 37.2 Å².